The highest BCUT2D eigenvalue weighted by molar-refractivity contribution is 8.00. The number of thioether (sulfide) groups is 1. The van der Waals surface area contributed by atoms with Crippen LogP contribution in [0, 0.1) is 12.3 Å². The van der Waals surface area contributed by atoms with Gasteiger partial charge in [-0.15, -0.1) is 18.2 Å². The number of benzene rings is 1. The Balaban J connectivity index is 2.41. The average Bonchev–Trinajstić information content (AvgIpc) is 2.30. The number of carbonyl (C=O) groups excluding carboxylic acids is 1. The molecule has 0 aromatic heterocycles. The standard InChI is InChI=1S/C12H13NO2S/c1-3-8-16-9-12(14)13-10-4-6-11(15-2)7-5-10/h1,4-7H,8-9H2,2H3,(H,13,14). The van der Waals surface area contributed by atoms with E-state index in [0.717, 1.165) is 11.4 Å². The van der Waals surface area contributed by atoms with Gasteiger partial charge in [0.2, 0.25) is 5.91 Å². The van der Waals surface area contributed by atoms with Gasteiger partial charge in [0.05, 0.1) is 18.6 Å². The summed E-state index contributed by atoms with van der Waals surface area (Å²) in [6, 6.07) is 7.18. The lowest BCUT2D eigenvalue weighted by molar-refractivity contribution is -0.113. The predicted octanol–water partition coefficient (Wildman–Crippen LogP) is 2.00. The maximum Gasteiger partial charge on any atom is 0.234 e. The third-order valence-corrected chi connectivity index (χ3v) is 2.63. The molecule has 1 rings (SSSR count). The first kappa shape index (κ1) is 12.5. The van der Waals surface area contributed by atoms with Gasteiger partial charge in [-0.05, 0) is 24.3 Å². The predicted molar refractivity (Wildman–Crippen MR) is 67.8 cm³/mol. The smallest absolute Gasteiger partial charge is 0.234 e. The number of ether oxygens (including phenoxy) is 1. The van der Waals surface area contributed by atoms with Crippen LogP contribution < -0.4 is 10.1 Å². The largest absolute Gasteiger partial charge is 0.497 e. The molecule has 3 nitrogen and oxygen atoms in total. The van der Waals surface area contributed by atoms with Gasteiger partial charge in [0.15, 0.2) is 0 Å². The first-order valence-corrected chi connectivity index (χ1v) is 5.87. The fourth-order valence-electron chi connectivity index (χ4n) is 1.07. The molecule has 0 aliphatic heterocycles. The number of amides is 1. The highest BCUT2D eigenvalue weighted by atomic mass is 32.2. The normalized spacial score (nSPS) is 9.25. The van der Waals surface area contributed by atoms with Gasteiger partial charge in [0.25, 0.3) is 0 Å². The lowest BCUT2D eigenvalue weighted by Crippen LogP contribution is -2.14. The van der Waals surface area contributed by atoms with Crippen LogP contribution in [-0.4, -0.2) is 24.5 Å². The van der Waals surface area contributed by atoms with Gasteiger partial charge >= 0.3 is 0 Å². The van der Waals surface area contributed by atoms with E-state index < -0.39 is 0 Å². The van der Waals surface area contributed by atoms with E-state index in [1.807, 2.05) is 0 Å². The number of terminal acetylenes is 1. The van der Waals surface area contributed by atoms with Crippen molar-refractivity contribution in [3.05, 3.63) is 24.3 Å². The Morgan fingerprint density at radius 2 is 2.19 bits per heavy atom. The molecule has 0 saturated carbocycles. The molecule has 0 bridgehead atoms. The molecule has 84 valence electrons. The second kappa shape index (κ2) is 6.81. The van der Waals surface area contributed by atoms with E-state index in [1.165, 1.54) is 11.8 Å². The quantitative estimate of drug-likeness (QED) is 0.626. The molecule has 16 heavy (non-hydrogen) atoms. The van der Waals surface area contributed by atoms with Gasteiger partial charge < -0.3 is 10.1 Å². The monoisotopic (exact) mass is 235 g/mol. The number of methoxy groups -OCH3 is 1. The van der Waals surface area contributed by atoms with E-state index in [4.69, 9.17) is 11.2 Å². The Labute approximate surface area is 99.6 Å². The number of hydrogen-bond acceptors (Lipinski definition) is 3. The van der Waals surface area contributed by atoms with Gasteiger partial charge in [-0.25, -0.2) is 0 Å². The maximum atomic E-state index is 11.4. The number of carbonyl (C=O) groups is 1. The van der Waals surface area contributed by atoms with Crippen LogP contribution in [0.5, 0.6) is 5.75 Å². The summed E-state index contributed by atoms with van der Waals surface area (Å²) in [5.41, 5.74) is 0.757. The molecule has 0 saturated heterocycles. The SMILES string of the molecule is C#CCSCC(=O)Nc1ccc(OC)cc1. The van der Waals surface area contributed by atoms with Crippen molar-refractivity contribution in [2.45, 2.75) is 0 Å². The Hall–Kier alpha value is -1.60. The minimum Gasteiger partial charge on any atom is -0.497 e. The third kappa shape index (κ3) is 4.28. The molecule has 1 amide bonds. The fourth-order valence-corrected chi connectivity index (χ4v) is 1.55. The summed E-state index contributed by atoms with van der Waals surface area (Å²) in [5, 5.41) is 2.77. The zero-order chi connectivity index (χ0) is 11.8. The van der Waals surface area contributed by atoms with Crippen LogP contribution in [0.2, 0.25) is 0 Å². The Bertz CT molecular complexity index is 381. The van der Waals surface area contributed by atoms with Crippen LogP contribution in [0.25, 0.3) is 0 Å². The maximum absolute atomic E-state index is 11.4. The zero-order valence-electron chi connectivity index (χ0n) is 9.03. The van der Waals surface area contributed by atoms with E-state index >= 15 is 0 Å². The molecule has 0 atom stereocenters. The van der Waals surface area contributed by atoms with E-state index in [1.54, 1.807) is 31.4 Å². The van der Waals surface area contributed by atoms with Crippen molar-refractivity contribution in [2.24, 2.45) is 0 Å². The van der Waals surface area contributed by atoms with E-state index in [2.05, 4.69) is 11.2 Å². The van der Waals surface area contributed by atoms with E-state index in [9.17, 15) is 4.79 Å². The number of nitrogens with one attached hydrogen (secondary N) is 1. The van der Waals surface area contributed by atoms with Crippen molar-refractivity contribution in [1.82, 2.24) is 0 Å². The highest BCUT2D eigenvalue weighted by Gasteiger charge is 2.01. The lowest BCUT2D eigenvalue weighted by Gasteiger charge is -2.05. The van der Waals surface area contributed by atoms with Crippen molar-refractivity contribution >= 4 is 23.4 Å². The van der Waals surface area contributed by atoms with Gasteiger partial charge in [-0.1, -0.05) is 5.92 Å². The summed E-state index contributed by atoms with van der Waals surface area (Å²) in [6.07, 6.45) is 5.08. The van der Waals surface area contributed by atoms with Crippen LogP contribution in [0.15, 0.2) is 24.3 Å². The van der Waals surface area contributed by atoms with Gasteiger partial charge in [-0.2, -0.15) is 0 Å². The van der Waals surface area contributed by atoms with Crippen molar-refractivity contribution in [3.63, 3.8) is 0 Å². The number of anilines is 1. The average molecular weight is 235 g/mol. The highest BCUT2D eigenvalue weighted by Crippen LogP contribution is 2.15. The first-order valence-electron chi connectivity index (χ1n) is 4.71. The first-order chi connectivity index (χ1) is 7.76. The summed E-state index contributed by atoms with van der Waals surface area (Å²) in [5.74, 6) is 4.10. The number of rotatable bonds is 5. The summed E-state index contributed by atoms with van der Waals surface area (Å²) < 4.78 is 5.01. The topological polar surface area (TPSA) is 38.3 Å². The second-order valence-electron chi connectivity index (χ2n) is 2.97. The molecule has 1 aromatic rings. The molecule has 1 N–H and O–H groups in total. The molecule has 1 aromatic carbocycles. The second-order valence-corrected chi connectivity index (χ2v) is 3.96. The zero-order valence-corrected chi connectivity index (χ0v) is 9.84. The molecule has 0 aliphatic carbocycles. The Morgan fingerprint density at radius 3 is 2.75 bits per heavy atom. The van der Waals surface area contributed by atoms with Crippen molar-refractivity contribution in [2.75, 3.05) is 23.9 Å². The molecule has 4 heteroatoms. The minimum atomic E-state index is -0.0505. The van der Waals surface area contributed by atoms with Crippen molar-refractivity contribution < 1.29 is 9.53 Å². The number of hydrogen-bond donors (Lipinski definition) is 1. The summed E-state index contributed by atoms with van der Waals surface area (Å²) in [4.78, 5) is 11.4. The van der Waals surface area contributed by atoms with E-state index in [0.29, 0.717) is 11.5 Å². The summed E-state index contributed by atoms with van der Waals surface area (Å²) in [7, 11) is 1.60. The molecule has 0 spiro atoms. The van der Waals surface area contributed by atoms with Gasteiger partial charge in [0.1, 0.15) is 5.75 Å². The molecular weight excluding hydrogens is 222 g/mol. The van der Waals surface area contributed by atoms with Gasteiger partial charge in [-0.3, -0.25) is 4.79 Å². The van der Waals surface area contributed by atoms with Crippen molar-refractivity contribution in [1.29, 1.82) is 0 Å². The molecule has 0 fully saturated rings. The molecule has 0 aliphatic rings. The minimum absolute atomic E-state index is 0.0505. The van der Waals surface area contributed by atoms with Crippen LogP contribution in [0.3, 0.4) is 0 Å². The Morgan fingerprint density at radius 1 is 1.50 bits per heavy atom. The van der Waals surface area contributed by atoms with Crippen molar-refractivity contribution in [3.8, 4) is 18.1 Å². The van der Waals surface area contributed by atoms with E-state index in [-0.39, 0.29) is 5.91 Å². The molecule has 0 radical (unpaired) electrons. The Kier molecular flexibility index (Phi) is 5.30. The van der Waals surface area contributed by atoms with Crippen LogP contribution >= 0.6 is 11.8 Å². The summed E-state index contributed by atoms with van der Waals surface area (Å²) in [6.45, 7) is 0. The third-order valence-electron chi connectivity index (χ3n) is 1.79. The van der Waals surface area contributed by atoms with Crippen LogP contribution in [0.1, 0.15) is 0 Å². The molecule has 0 unspecified atom stereocenters. The van der Waals surface area contributed by atoms with Gasteiger partial charge in [0, 0.05) is 5.69 Å². The molecule has 0 heterocycles. The summed E-state index contributed by atoms with van der Waals surface area (Å²) >= 11 is 1.42. The van der Waals surface area contributed by atoms with Crippen LogP contribution in [-0.2, 0) is 4.79 Å². The molecular formula is C12H13NO2S. The fraction of sp³-hybridized carbons (Fsp3) is 0.250. The lowest BCUT2D eigenvalue weighted by atomic mass is 10.3. The van der Waals surface area contributed by atoms with Crippen LogP contribution in [0.4, 0.5) is 5.69 Å².